The highest BCUT2D eigenvalue weighted by molar-refractivity contribution is 6.31. The van der Waals surface area contributed by atoms with E-state index in [1.807, 2.05) is 6.07 Å². The third-order valence-electron chi connectivity index (χ3n) is 5.40. The Balaban J connectivity index is 1.66. The Hall–Kier alpha value is -3.61. The van der Waals surface area contributed by atoms with Crippen molar-refractivity contribution in [2.75, 3.05) is 6.61 Å². The molecular weight excluding hydrogens is 497 g/mol. The van der Waals surface area contributed by atoms with E-state index in [9.17, 15) is 4.79 Å². The number of aromatic nitrogens is 2. The van der Waals surface area contributed by atoms with Gasteiger partial charge in [-0.05, 0) is 60.0 Å². The van der Waals surface area contributed by atoms with Crippen LogP contribution in [0.3, 0.4) is 0 Å². The Labute approximate surface area is 217 Å². The van der Waals surface area contributed by atoms with Gasteiger partial charge in [0, 0.05) is 21.0 Å². The average Bonchev–Trinajstić information content (AvgIpc) is 3.25. The Bertz CT molecular complexity index is 1680. The molecule has 0 saturated carbocycles. The molecule has 0 spiro atoms. The van der Waals surface area contributed by atoms with Gasteiger partial charge in [-0.3, -0.25) is 4.79 Å². The van der Waals surface area contributed by atoms with Crippen LogP contribution in [0.4, 0.5) is 0 Å². The minimum Gasteiger partial charge on any atom is -0.492 e. The number of fused-ring (bicyclic) bond motifs is 2. The van der Waals surface area contributed by atoms with E-state index in [1.54, 1.807) is 66.9 Å². The molecule has 0 amide bonds. The second-order valence-corrected chi connectivity index (χ2v) is 10.5. The van der Waals surface area contributed by atoms with Crippen LogP contribution in [0.15, 0.2) is 81.0 Å². The molecule has 0 unspecified atom stereocenters. The lowest BCUT2D eigenvalue weighted by Crippen LogP contribution is -2.20. The van der Waals surface area contributed by atoms with Crippen LogP contribution in [-0.2, 0) is 0 Å². The summed E-state index contributed by atoms with van der Waals surface area (Å²) in [5.74, 6) is 1.27. The van der Waals surface area contributed by atoms with Crippen molar-refractivity contribution in [1.29, 1.82) is 0 Å². The van der Waals surface area contributed by atoms with Gasteiger partial charge >= 0.3 is 0 Å². The first kappa shape index (κ1) is 24.1. The lowest BCUT2D eigenvalue weighted by atomic mass is 9.99. The fourth-order valence-corrected chi connectivity index (χ4v) is 4.04. The summed E-state index contributed by atoms with van der Waals surface area (Å²) in [7, 11) is 0. The number of benzene rings is 3. The number of hydrogen-bond acceptors (Lipinski definition) is 5. The largest absolute Gasteiger partial charge is 0.492 e. The predicted octanol–water partition coefficient (Wildman–Crippen LogP) is 7.42. The maximum atomic E-state index is 13.5. The maximum absolute atomic E-state index is 13.5. The zero-order valence-electron chi connectivity index (χ0n) is 20.0. The van der Waals surface area contributed by atoms with Crippen LogP contribution in [0.5, 0.6) is 5.75 Å². The summed E-state index contributed by atoms with van der Waals surface area (Å²) in [6.07, 6.45) is 1.55. The van der Waals surface area contributed by atoms with Gasteiger partial charge in [0.15, 0.2) is 5.76 Å². The van der Waals surface area contributed by atoms with Gasteiger partial charge in [-0.15, -0.1) is 0 Å². The number of furan rings is 1. The number of para-hydroxylation sites is 1. The lowest BCUT2D eigenvalue weighted by Gasteiger charge is -2.19. The first-order valence-electron chi connectivity index (χ1n) is 11.4. The first-order valence-corrected chi connectivity index (χ1v) is 12.1. The van der Waals surface area contributed by atoms with Gasteiger partial charge in [-0.25, -0.2) is 4.98 Å². The fourth-order valence-electron chi connectivity index (χ4n) is 3.68. The summed E-state index contributed by atoms with van der Waals surface area (Å²) in [5.41, 5.74) is 1.43. The second kappa shape index (κ2) is 9.45. The zero-order valence-corrected chi connectivity index (χ0v) is 21.5. The third kappa shape index (κ3) is 5.01. The standard InChI is InChI=1S/C28H23Cl2N3O3/c1-28(2,3)16-35-23-10-8-20(30)13-18(23)15-31-33-26(32-22-7-5-4-6-21(22)27(33)34)25-14-17-12-19(29)9-11-24(17)36-25/h4-15H,16H2,1-3H3. The molecule has 6 nitrogen and oxygen atoms in total. The quantitative estimate of drug-likeness (QED) is 0.226. The van der Waals surface area contributed by atoms with Crippen molar-refractivity contribution >= 4 is 51.3 Å². The molecule has 3 aromatic carbocycles. The molecule has 8 heteroatoms. The molecule has 2 aromatic heterocycles. The summed E-state index contributed by atoms with van der Waals surface area (Å²) in [6, 6.07) is 19.5. The van der Waals surface area contributed by atoms with Crippen LogP contribution >= 0.6 is 23.2 Å². The Morgan fingerprint density at radius 1 is 1.03 bits per heavy atom. The summed E-state index contributed by atoms with van der Waals surface area (Å²) in [5, 5.41) is 6.87. The Morgan fingerprint density at radius 3 is 2.58 bits per heavy atom. The SMILES string of the molecule is CC(C)(C)COc1ccc(Cl)cc1C=Nn1c(-c2cc3cc(Cl)ccc3o2)nc2ccccc2c1=O. The molecule has 2 heterocycles. The van der Waals surface area contributed by atoms with E-state index in [0.29, 0.717) is 50.2 Å². The highest BCUT2D eigenvalue weighted by atomic mass is 35.5. The molecule has 0 aliphatic rings. The second-order valence-electron chi connectivity index (χ2n) is 9.64. The summed E-state index contributed by atoms with van der Waals surface area (Å²) < 4.78 is 13.3. The van der Waals surface area contributed by atoms with Crippen molar-refractivity contribution < 1.29 is 9.15 Å². The first-order chi connectivity index (χ1) is 17.2. The van der Waals surface area contributed by atoms with Crippen molar-refractivity contribution in [2.45, 2.75) is 20.8 Å². The van der Waals surface area contributed by atoms with Gasteiger partial charge in [0.2, 0.25) is 5.82 Å². The maximum Gasteiger partial charge on any atom is 0.282 e. The van der Waals surface area contributed by atoms with E-state index in [0.717, 1.165) is 5.39 Å². The molecular formula is C28H23Cl2N3O3. The fraction of sp³-hybridized carbons (Fsp3) is 0.179. The molecule has 0 bridgehead atoms. The Morgan fingerprint density at radius 2 is 1.78 bits per heavy atom. The smallest absolute Gasteiger partial charge is 0.282 e. The van der Waals surface area contributed by atoms with E-state index in [1.165, 1.54) is 4.68 Å². The highest BCUT2D eigenvalue weighted by Gasteiger charge is 2.17. The average molecular weight is 520 g/mol. The Kier molecular flexibility index (Phi) is 6.33. The van der Waals surface area contributed by atoms with E-state index in [-0.39, 0.29) is 16.8 Å². The van der Waals surface area contributed by atoms with Crippen molar-refractivity contribution in [3.8, 4) is 17.3 Å². The van der Waals surface area contributed by atoms with Crippen molar-refractivity contribution in [3.05, 3.63) is 92.7 Å². The van der Waals surface area contributed by atoms with Gasteiger partial charge < -0.3 is 9.15 Å². The number of rotatable bonds is 5. The van der Waals surface area contributed by atoms with Crippen LogP contribution < -0.4 is 10.3 Å². The monoisotopic (exact) mass is 519 g/mol. The van der Waals surface area contributed by atoms with Gasteiger partial charge in [-0.1, -0.05) is 56.1 Å². The van der Waals surface area contributed by atoms with E-state index >= 15 is 0 Å². The number of halogens is 2. The molecule has 5 aromatic rings. The molecule has 0 N–H and O–H groups in total. The lowest BCUT2D eigenvalue weighted by molar-refractivity contribution is 0.197. The third-order valence-corrected chi connectivity index (χ3v) is 5.87. The number of nitrogens with zero attached hydrogens (tertiary/aromatic N) is 3. The molecule has 5 rings (SSSR count). The van der Waals surface area contributed by atoms with E-state index in [2.05, 4.69) is 25.9 Å². The minimum atomic E-state index is -0.329. The van der Waals surface area contributed by atoms with Gasteiger partial charge in [0.05, 0.1) is 23.7 Å². The van der Waals surface area contributed by atoms with E-state index in [4.69, 9.17) is 37.3 Å². The van der Waals surface area contributed by atoms with Crippen molar-refractivity contribution in [3.63, 3.8) is 0 Å². The van der Waals surface area contributed by atoms with Gasteiger partial charge in [-0.2, -0.15) is 9.78 Å². The van der Waals surface area contributed by atoms with Crippen LogP contribution in [-0.4, -0.2) is 22.5 Å². The summed E-state index contributed by atoms with van der Waals surface area (Å²) in [6.45, 7) is 6.76. The molecule has 0 fully saturated rings. The van der Waals surface area contributed by atoms with Crippen LogP contribution in [0, 0.1) is 5.41 Å². The predicted molar refractivity (Wildman–Crippen MR) is 146 cm³/mol. The topological polar surface area (TPSA) is 69.6 Å². The van der Waals surface area contributed by atoms with Crippen LogP contribution in [0.2, 0.25) is 10.0 Å². The molecule has 0 aliphatic heterocycles. The molecule has 36 heavy (non-hydrogen) atoms. The number of hydrogen-bond donors (Lipinski definition) is 0. The minimum absolute atomic E-state index is 0.0371. The van der Waals surface area contributed by atoms with Crippen LogP contribution in [0.25, 0.3) is 33.5 Å². The highest BCUT2D eigenvalue weighted by Crippen LogP contribution is 2.29. The van der Waals surface area contributed by atoms with E-state index < -0.39 is 0 Å². The van der Waals surface area contributed by atoms with Crippen LogP contribution in [0.1, 0.15) is 26.3 Å². The van der Waals surface area contributed by atoms with Gasteiger partial charge in [0.25, 0.3) is 5.56 Å². The molecule has 0 atom stereocenters. The molecule has 0 saturated heterocycles. The number of ether oxygens (including phenoxy) is 1. The summed E-state index contributed by atoms with van der Waals surface area (Å²) in [4.78, 5) is 18.2. The normalized spacial score (nSPS) is 12.1. The molecule has 0 aliphatic carbocycles. The summed E-state index contributed by atoms with van der Waals surface area (Å²) >= 11 is 12.4. The van der Waals surface area contributed by atoms with Gasteiger partial charge in [0.1, 0.15) is 11.3 Å². The molecule has 182 valence electrons. The zero-order chi connectivity index (χ0) is 25.4. The molecule has 0 radical (unpaired) electrons. The van der Waals surface area contributed by atoms with Crippen molar-refractivity contribution in [1.82, 2.24) is 9.66 Å². The van der Waals surface area contributed by atoms with Crippen molar-refractivity contribution in [2.24, 2.45) is 10.5 Å².